The summed E-state index contributed by atoms with van der Waals surface area (Å²) < 4.78 is 1.98. The summed E-state index contributed by atoms with van der Waals surface area (Å²) in [6.07, 6.45) is 3.00. The molecule has 0 atom stereocenters. The Kier molecular flexibility index (Phi) is 2.72. The van der Waals surface area contributed by atoms with E-state index in [1.54, 1.807) is 11.3 Å². The zero-order chi connectivity index (χ0) is 14.4. The molecule has 0 radical (unpaired) electrons. The van der Waals surface area contributed by atoms with Crippen LogP contribution in [-0.4, -0.2) is 9.38 Å². The Bertz CT molecular complexity index is 949. The summed E-state index contributed by atoms with van der Waals surface area (Å²) in [5.74, 6) is 0.712. The smallest absolute Gasteiger partial charge is 0.147 e. The van der Waals surface area contributed by atoms with Gasteiger partial charge < -0.3 is 5.73 Å². The molecular formula is C17H15N3S. The Hall–Kier alpha value is -2.33. The number of benzene rings is 1. The lowest BCUT2D eigenvalue weighted by Crippen LogP contribution is -1.94. The van der Waals surface area contributed by atoms with Gasteiger partial charge in [-0.1, -0.05) is 31.2 Å². The van der Waals surface area contributed by atoms with E-state index in [4.69, 9.17) is 10.7 Å². The van der Waals surface area contributed by atoms with E-state index in [1.807, 2.05) is 22.7 Å². The Morgan fingerprint density at radius 1 is 1.19 bits per heavy atom. The van der Waals surface area contributed by atoms with Gasteiger partial charge in [0.15, 0.2) is 0 Å². The van der Waals surface area contributed by atoms with Crippen molar-refractivity contribution >= 4 is 33.6 Å². The third kappa shape index (κ3) is 1.76. The van der Waals surface area contributed by atoms with Crippen molar-refractivity contribution in [2.24, 2.45) is 0 Å². The van der Waals surface area contributed by atoms with E-state index >= 15 is 0 Å². The van der Waals surface area contributed by atoms with Gasteiger partial charge in [-0.25, -0.2) is 4.98 Å². The fourth-order valence-electron chi connectivity index (χ4n) is 2.81. The monoisotopic (exact) mass is 293 g/mol. The molecule has 1 aromatic carbocycles. The van der Waals surface area contributed by atoms with Crippen molar-refractivity contribution in [2.75, 3.05) is 5.73 Å². The number of rotatable bonds is 2. The summed E-state index contributed by atoms with van der Waals surface area (Å²) in [6, 6.07) is 12.5. The fraction of sp³-hybridized carbons (Fsp3) is 0.118. The van der Waals surface area contributed by atoms with Gasteiger partial charge in [-0.3, -0.25) is 4.40 Å². The van der Waals surface area contributed by atoms with Crippen LogP contribution in [0.25, 0.3) is 27.7 Å². The number of thiophene rings is 1. The molecular weight excluding hydrogens is 278 g/mol. The van der Waals surface area contributed by atoms with Crippen LogP contribution in [0.1, 0.15) is 11.8 Å². The maximum absolute atomic E-state index is 6.35. The van der Waals surface area contributed by atoms with Gasteiger partial charge in [0, 0.05) is 22.0 Å². The van der Waals surface area contributed by atoms with Crippen LogP contribution in [0.3, 0.4) is 0 Å². The zero-order valence-corrected chi connectivity index (χ0v) is 12.5. The molecule has 0 aliphatic carbocycles. The highest BCUT2D eigenvalue weighted by atomic mass is 32.1. The maximum Gasteiger partial charge on any atom is 0.147 e. The molecule has 0 unspecified atom stereocenters. The number of aryl methyl sites for hydroxylation is 1. The second-order valence-corrected chi connectivity index (χ2v) is 6.05. The molecule has 4 rings (SSSR count). The first kappa shape index (κ1) is 12.4. The molecule has 0 bridgehead atoms. The third-order valence-corrected chi connectivity index (χ3v) is 4.94. The lowest BCUT2D eigenvalue weighted by molar-refractivity contribution is 1.18. The molecule has 3 nitrogen and oxygen atoms in total. The van der Waals surface area contributed by atoms with E-state index in [1.165, 1.54) is 10.3 Å². The van der Waals surface area contributed by atoms with Gasteiger partial charge in [-0.05, 0) is 29.3 Å². The minimum Gasteiger partial charge on any atom is -0.383 e. The van der Waals surface area contributed by atoms with Crippen LogP contribution in [0.4, 0.5) is 5.82 Å². The number of pyridine rings is 1. The molecule has 0 amide bonds. The Labute approximate surface area is 126 Å². The molecule has 4 aromatic rings. The summed E-state index contributed by atoms with van der Waals surface area (Å²) in [5.41, 5.74) is 9.33. The van der Waals surface area contributed by atoms with Crippen molar-refractivity contribution in [1.29, 1.82) is 0 Å². The van der Waals surface area contributed by atoms with Crippen LogP contribution in [0.5, 0.6) is 0 Å². The van der Waals surface area contributed by atoms with Crippen molar-refractivity contribution < 1.29 is 0 Å². The maximum atomic E-state index is 6.35. The first-order valence-corrected chi connectivity index (χ1v) is 7.89. The number of aromatic nitrogens is 2. The molecule has 3 heterocycles. The fourth-order valence-corrected chi connectivity index (χ4v) is 3.64. The number of nitrogens with two attached hydrogens (primary N) is 1. The van der Waals surface area contributed by atoms with Crippen LogP contribution in [-0.2, 0) is 6.42 Å². The van der Waals surface area contributed by atoms with Gasteiger partial charge in [-0.15, -0.1) is 11.3 Å². The zero-order valence-electron chi connectivity index (χ0n) is 11.7. The molecule has 4 heteroatoms. The van der Waals surface area contributed by atoms with E-state index in [0.717, 1.165) is 28.7 Å². The Morgan fingerprint density at radius 3 is 2.90 bits per heavy atom. The minimum atomic E-state index is 0.712. The van der Waals surface area contributed by atoms with Crippen molar-refractivity contribution in [3.05, 3.63) is 52.9 Å². The van der Waals surface area contributed by atoms with E-state index in [0.29, 0.717) is 5.82 Å². The molecule has 0 saturated carbocycles. The van der Waals surface area contributed by atoms with Crippen LogP contribution in [0, 0.1) is 0 Å². The molecule has 0 aliphatic heterocycles. The average molecular weight is 293 g/mol. The SMILES string of the molecule is CCc1sccc1-c1nc2c3ccccc3ccn2c1N. The Balaban J connectivity index is 2.08. The van der Waals surface area contributed by atoms with Crippen LogP contribution in [0.15, 0.2) is 48.0 Å². The van der Waals surface area contributed by atoms with Gasteiger partial charge in [0.2, 0.25) is 0 Å². The number of hydrogen-bond donors (Lipinski definition) is 1. The summed E-state index contributed by atoms with van der Waals surface area (Å²) >= 11 is 1.76. The predicted molar refractivity (Wildman–Crippen MR) is 89.8 cm³/mol. The number of nitrogen functional groups attached to an aromatic ring is 1. The highest BCUT2D eigenvalue weighted by Crippen LogP contribution is 2.34. The van der Waals surface area contributed by atoms with Crippen LogP contribution in [0.2, 0.25) is 0 Å². The van der Waals surface area contributed by atoms with E-state index in [-0.39, 0.29) is 0 Å². The van der Waals surface area contributed by atoms with Crippen LogP contribution < -0.4 is 5.73 Å². The van der Waals surface area contributed by atoms with Crippen LogP contribution >= 0.6 is 11.3 Å². The topological polar surface area (TPSA) is 43.3 Å². The lowest BCUT2D eigenvalue weighted by Gasteiger charge is -2.01. The van der Waals surface area contributed by atoms with E-state index in [9.17, 15) is 0 Å². The number of fused-ring (bicyclic) bond motifs is 3. The first-order valence-electron chi connectivity index (χ1n) is 7.01. The van der Waals surface area contributed by atoms with Crippen molar-refractivity contribution in [3.8, 4) is 11.3 Å². The summed E-state index contributed by atoms with van der Waals surface area (Å²) in [7, 11) is 0. The largest absolute Gasteiger partial charge is 0.383 e. The first-order chi connectivity index (χ1) is 10.3. The van der Waals surface area contributed by atoms with Gasteiger partial charge >= 0.3 is 0 Å². The summed E-state index contributed by atoms with van der Waals surface area (Å²) in [6.45, 7) is 2.16. The molecule has 104 valence electrons. The van der Waals surface area contributed by atoms with Gasteiger partial charge in [0.1, 0.15) is 17.2 Å². The average Bonchev–Trinajstić information content (AvgIpc) is 3.11. The number of imidazole rings is 1. The molecule has 21 heavy (non-hydrogen) atoms. The molecule has 0 aliphatic rings. The highest BCUT2D eigenvalue weighted by Gasteiger charge is 2.16. The Morgan fingerprint density at radius 2 is 2.05 bits per heavy atom. The minimum absolute atomic E-state index is 0.712. The molecule has 0 spiro atoms. The quantitative estimate of drug-likeness (QED) is 0.596. The van der Waals surface area contributed by atoms with Crippen molar-refractivity contribution in [2.45, 2.75) is 13.3 Å². The van der Waals surface area contributed by atoms with Gasteiger partial charge in [-0.2, -0.15) is 0 Å². The second-order valence-electron chi connectivity index (χ2n) is 5.05. The predicted octanol–water partition coefficient (Wildman–Crippen LogP) is 4.36. The van der Waals surface area contributed by atoms with E-state index in [2.05, 4.69) is 36.6 Å². The lowest BCUT2D eigenvalue weighted by atomic mass is 10.1. The molecule has 0 fully saturated rings. The molecule has 0 saturated heterocycles. The molecule has 3 aromatic heterocycles. The normalized spacial score (nSPS) is 11.5. The van der Waals surface area contributed by atoms with E-state index < -0.39 is 0 Å². The van der Waals surface area contributed by atoms with Gasteiger partial charge in [0.25, 0.3) is 0 Å². The van der Waals surface area contributed by atoms with Crippen molar-refractivity contribution in [1.82, 2.24) is 9.38 Å². The standard InChI is InChI=1S/C17H15N3S/c1-2-14-13(8-10-21-14)15-16(18)20-9-7-11-5-3-4-6-12(11)17(20)19-15/h3-10H,2,18H2,1H3. The number of nitrogens with zero attached hydrogens (tertiary/aromatic N) is 2. The van der Waals surface area contributed by atoms with Crippen molar-refractivity contribution in [3.63, 3.8) is 0 Å². The number of hydrogen-bond acceptors (Lipinski definition) is 3. The highest BCUT2D eigenvalue weighted by molar-refractivity contribution is 7.10. The number of anilines is 1. The summed E-state index contributed by atoms with van der Waals surface area (Å²) in [4.78, 5) is 6.16. The second kappa shape index (κ2) is 4.60. The summed E-state index contributed by atoms with van der Waals surface area (Å²) in [5, 5.41) is 4.42. The molecule has 2 N–H and O–H groups in total. The third-order valence-electron chi connectivity index (χ3n) is 3.87. The van der Waals surface area contributed by atoms with Gasteiger partial charge in [0.05, 0.1) is 0 Å².